The lowest BCUT2D eigenvalue weighted by Gasteiger charge is -2.36. The molecule has 2 aliphatic heterocycles. The van der Waals surface area contributed by atoms with Gasteiger partial charge >= 0.3 is 29.8 Å². The number of hydrogen-bond donors (Lipinski definition) is 11. The molecule has 0 fully saturated rings. The molecule has 2 aliphatic rings. The minimum Gasteiger partial charge on any atom is -0.508 e. The lowest BCUT2D eigenvalue weighted by Crippen LogP contribution is -2.57. The molecule has 88 heavy (non-hydrogen) atoms. The van der Waals surface area contributed by atoms with E-state index in [4.69, 9.17) is 30.5 Å². The van der Waals surface area contributed by atoms with E-state index in [9.17, 15) is 63.3 Å². The number of carbonyl (C=O) groups is 10. The summed E-state index contributed by atoms with van der Waals surface area (Å²) in [4.78, 5) is 143. The molecule has 0 aromatic heterocycles. The summed E-state index contributed by atoms with van der Waals surface area (Å²) in [6.07, 6.45) is -1.03. The summed E-state index contributed by atoms with van der Waals surface area (Å²) in [6, 6.07) is 16.7. The second kappa shape index (κ2) is 28.3. The summed E-state index contributed by atoms with van der Waals surface area (Å²) in [5, 5.41) is 50.4. The summed E-state index contributed by atoms with van der Waals surface area (Å²) in [6.45, 7) is 5.18. The number of fused-ring (bicyclic) bond motifs is 6. The number of benzene rings is 5. The number of nitrogens with zero attached hydrogens (tertiary/aromatic N) is 4. The van der Waals surface area contributed by atoms with Gasteiger partial charge in [0.1, 0.15) is 59.2 Å². The van der Waals surface area contributed by atoms with Crippen molar-refractivity contribution in [3.63, 3.8) is 0 Å². The van der Waals surface area contributed by atoms with Crippen molar-refractivity contribution >= 4 is 82.4 Å². The summed E-state index contributed by atoms with van der Waals surface area (Å²) >= 11 is 0. The van der Waals surface area contributed by atoms with Crippen molar-refractivity contribution in [1.82, 2.24) is 32.1 Å². The van der Waals surface area contributed by atoms with Crippen LogP contribution in [0.5, 0.6) is 23.0 Å². The third-order valence-electron chi connectivity index (χ3n) is 13.8. The molecule has 2 heterocycles. The number of phenols is 2. The van der Waals surface area contributed by atoms with E-state index in [1.54, 1.807) is 24.3 Å². The van der Waals surface area contributed by atoms with E-state index in [1.165, 1.54) is 94.4 Å². The topological polar surface area (TPSA) is 433 Å². The number of aromatic hydroxyl groups is 2. The zero-order chi connectivity index (χ0) is 64.1. The Bertz CT molecular complexity index is 3540. The molecule has 1 spiro atoms. The molecule has 29 nitrogen and oxygen atoms in total. The Kier molecular flexibility index (Phi) is 20.8. The molecule has 7 rings (SSSR count). The van der Waals surface area contributed by atoms with Gasteiger partial charge in [-0.25, -0.2) is 19.2 Å². The third-order valence-corrected chi connectivity index (χ3v) is 13.8. The number of ether oxygens (including phenoxy) is 3. The largest absolute Gasteiger partial charge is 0.508 e. The summed E-state index contributed by atoms with van der Waals surface area (Å²) in [7, 11) is 3.83. The van der Waals surface area contributed by atoms with Crippen LogP contribution in [0.1, 0.15) is 101 Å². The van der Waals surface area contributed by atoms with E-state index < -0.39 is 114 Å². The predicted molar refractivity (Wildman–Crippen MR) is 311 cm³/mol. The number of rotatable bonds is 25. The molecular formula is C59H64N12O17. The summed E-state index contributed by atoms with van der Waals surface area (Å²) < 4.78 is 17.1. The molecule has 462 valence electrons. The van der Waals surface area contributed by atoms with Crippen LogP contribution in [0.15, 0.2) is 118 Å². The van der Waals surface area contributed by atoms with Crippen LogP contribution in [-0.4, -0.2) is 138 Å². The number of phenolic OH excluding ortho intramolecular Hbond substituents is 2. The van der Waals surface area contributed by atoms with Gasteiger partial charge in [0.15, 0.2) is 11.6 Å². The van der Waals surface area contributed by atoms with Crippen LogP contribution in [0.2, 0.25) is 0 Å². The van der Waals surface area contributed by atoms with Crippen LogP contribution in [-0.2, 0) is 53.5 Å². The van der Waals surface area contributed by atoms with Crippen LogP contribution in [0.4, 0.5) is 17.1 Å². The van der Waals surface area contributed by atoms with Crippen molar-refractivity contribution in [2.24, 2.45) is 26.7 Å². The second-order valence-electron chi connectivity index (χ2n) is 20.6. The smallest absolute Gasteiger partial charge is 0.356 e. The molecule has 0 bridgehead atoms. The Labute approximate surface area is 502 Å². The number of anilines is 1. The van der Waals surface area contributed by atoms with E-state index in [2.05, 4.69) is 47.3 Å². The van der Waals surface area contributed by atoms with Crippen LogP contribution >= 0.6 is 0 Å². The minimum absolute atomic E-state index is 0.00827. The molecule has 0 saturated carbocycles. The highest BCUT2D eigenvalue weighted by atomic mass is 16.7. The normalized spacial score (nSPS) is 14.5. The quantitative estimate of drug-likeness (QED) is 0.00585. The van der Waals surface area contributed by atoms with Crippen molar-refractivity contribution in [3.8, 4) is 23.0 Å². The van der Waals surface area contributed by atoms with E-state index >= 15 is 0 Å². The molecule has 0 aliphatic carbocycles. The van der Waals surface area contributed by atoms with Gasteiger partial charge in [-0.2, -0.15) is 10.2 Å². The van der Waals surface area contributed by atoms with Gasteiger partial charge < -0.3 is 77.3 Å². The first-order chi connectivity index (χ1) is 41.7. The molecule has 6 atom stereocenters. The van der Waals surface area contributed by atoms with E-state index in [1.807, 2.05) is 31.1 Å². The zero-order valence-corrected chi connectivity index (χ0v) is 48.3. The number of amides is 5. The molecule has 13 N–H and O–H groups in total. The maximum Gasteiger partial charge on any atom is 0.356 e. The van der Waals surface area contributed by atoms with Crippen molar-refractivity contribution in [3.05, 3.63) is 137 Å². The van der Waals surface area contributed by atoms with Gasteiger partial charge in [-0.05, 0) is 138 Å². The van der Waals surface area contributed by atoms with Gasteiger partial charge in [0, 0.05) is 61.6 Å². The maximum atomic E-state index is 13.7. The average molecular weight is 1210 g/mol. The molecular weight excluding hydrogens is 1150 g/mol. The monoisotopic (exact) mass is 1210 g/mol. The predicted octanol–water partition coefficient (Wildman–Crippen LogP) is 2.98. The molecule has 5 aromatic carbocycles. The fourth-order valence-corrected chi connectivity index (χ4v) is 8.98. The fourth-order valence-electron chi connectivity index (χ4n) is 8.98. The van der Waals surface area contributed by atoms with Crippen LogP contribution in [0.3, 0.4) is 0 Å². The van der Waals surface area contributed by atoms with Crippen LogP contribution in [0.25, 0.3) is 0 Å². The average Bonchev–Trinajstić information content (AvgIpc) is 1.48. The molecule has 0 unspecified atom stereocenters. The number of carboxylic acids is 1. The van der Waals surface area contributed by atoms with Gasteiger partial charge in [0.25, 0.3) is 0 Å². The highest BCUT2D eigenvalue weighted by molar-refractivity contribution is 6.03. The third kappa shape index (κ3) is 15.9. The van der Waals surface area contributed by atoms with E-state index in [-0.39, 0.29) is 81.7 Å². The Morgan fingerprint density at radius 2 is 1.10 bits per heavy atom. The number of hydrogen-bond acceptors (Lipinski definition) is 21. The van der Waals surface area contributed by atoms with Crippen molar-refractivity contribution < 1.29 is 82.3 Å². The van der Waals surface area contributed by atoms with E-state index in [0.29, 0.717) is 11.4 Å². The number of nitrogens with two attached hydrogens (primary N) is 2. The number of carboxylic acid groups (broad SMARTS) is 1. The first kappa shape index (κ1) is 64.6. The Morgan fingerprint density at radius 3 is 1.61 bits per heavy atom. The number of aliphatic imine (C=N–C) groups is 1. The summed E-state index contributed by atoms with van der Waals surface area (Å²) in [5.41, 5.74) is 14.0. The van der Waals surface area contributed by atoms with Gasteiger partial charge in [0.2, 0.25) is 29.5 Å². The molecule has 0 saturated heterocycles. The Balaban J connectivity index is 0.903. The molecule has 0 radical (unpaired) electrons. The van der Waals surface area contributed by atoms with Gasteiger partial charge in [-0.3, -0.25) is 33.8 Å². The Hall–Kier alpha value is -11.0. The highest BCUT2D eigenvalue weighted by Gasteiger charge is 2.54. The van der Waals surface area contributed by atoms with Crippen LogP contribution < -0.4 is 53.2 Å². The maximum absolute atomic E-state index is 13.7. The van der Waals surface area contributed by atoms with Gasteiger partial charge in [0.05, 0.1) is 28.1 Å². The lowest BCUT2D eigenvalue weighted by atomic mass is 9.77. The SMILES string of the molecule is C[C@H](NC(=O)[C@H](C)NC(=O)[C@H](C)NC(=O)[C@H](CCCN=C(N)N)NOC(=O)c1ccc(N=Nc2ccc(N(C)C)cc2)cc1)C(=O)N[C@@H](C)C(=O)N[C@@H](CCC(=O)O)C(=O)OC(=O)c1ccc2c(c1)C1(OC2=O)c2ccc(O)cc2Oc2cc(O)ccc21. The number of hydroxylamine groups is 1. The van der Waals surface area contributed by atoms with Crippen molar-refractivity contribution in [2.45, 2.75) is 95.2 Å². The van der Waals surface area contributed by atoms with Gasteiger partial charge in [-0.1, -0.05) is 0 Å². The standard InChI is InChI=1S/C59H64N12O17/c1-29(64-51(78)31(3)66-53(80)44(8-7-25-62-58(60)61)70-88-55(82)33-9-12-35(13-10-33)68-69-36-14-16-37(17-15-36)71(5)6)49(76)63-30(2)50(77)65-32(4)52(79)67-45(23-24-48(74)75)57(84)86-54(81)34-11-20-40-43(26-34)59(87-56(40)83)41-21-18-38(72)27-46(41)85-47-28-39(73)19-22-42(47)59/h9-22,26-32,44-45,70,72-73H,7-8,23-25H2,1-6H3,(H,63,76)(H,64,78)(H,65,77)(H,66,80)(H,67,79)(H,74,75)(H4,60,61,62)/t29-,30-,31-,32-,44-,45-/m0/s1. The highest BCUT2D eigenvalue weighted by Crippen LogP contribution is 2.57. The van der Waals surface area contributed by atoms with Crippen LogP contribution in [0, 0.1) is 0 Å². The lowest BCUT2D eigenvalue weighted by molar-refractivity contribution is -0.144. The number of aliphatic carboxylic acids is 1. The number of nitrogens with one attached hydrogen (secondary N) is 6. The first-order valence-electron chi connectivity index (χ1n) is 27.3. The second-order valence-corrected chi connectivity index (χ2v) is 20.6. The van der Waals surface area contributed by atoms with Crippen molar-refractivity contribution in [1.29, 1.82) is 0 Å². The molecule has 29 heteroatoms. The first-order valence-corrected chi connectivity index (χ1v) is 27.3. The van der Waals surface area contributed by atoms with E-state index in [0.717, 1.165) is 5.69 Å². The molecule has 5 amide bonds. The number of guanidine groups is 1. The number of carbonyl (C=O) groups excluding carboxylic acids is 9. The fraction of sp³-hybridized carbons (Fsp3) is 0.305. The minimum atomic E-state index is -1.79. The zero-order valence-electron chi connectivity index (χ0n) is 48.3. The van der Waals surface area contributed by atoms with Crippen molar-refractivity contribution in [2.75, 3.05) is 25.5 Å². The Morgan fingerprint density at radius 1 is 0.602 bits per heavy atom. The molecule has 5 aromatic rings. The number of azo groups is 1. The summed E-state index contributed by atoms with van der Waals surface area (Å²) in [5.74, 6) is -10.6. The van der Waals surface area contributed by atoms with Gasteiger partial charge in [-0.15, -0.1) is 5.48 Å². The number of esters is 3.